The molecule has 0 radical (unpaired) electrons. The minimum atomic E-state index is 0.545. The number of hydrogen-bond donors (Lipinski definition) is 2. The highest BCUT2D eigenvalue weighted by Crippen LogP contribution is 2.30. The van der Waals surface area contributed by atoms with Gasteiger partial charge in [0.15, 0.2) is 5.13 Å². The first kappa shape index (κ1) is 6.91. The lowest BCUT2D eigenvalue weighted by Crippen LogP contribution is -2.21. The third-order valence-electron chi connectivity index (χ3n) is 1.90. The minimum Gasteiger partial charge on any atom is -0.375 e. The van der Waals surface area contributed by atoms with Gasteiger partial charge in [-0.25, -0.2) is 4.98 Å². The molecule has 3 nitrogen and oxygen atoms in total. The predicted molar refractivity (Wildman–Crippen MR) is 47.9 cm³/mol. The van der Waals surface area contributed by atoms with E-state index in [0.29, 0.717) is 11.2 Å². The second-order valence-electron chi connectivity index (χ2n) is 2.91. The molecule has 2 heterocycles. The fraction of sp³-hybridized carbons (Fsp3) is 0.571. The normalized spacial score (nSPS) is 22.5. The average Bonchev–Trinajstić information content (AvgIpc) is 2.27. The number of nitrogens with two attached hydrogens (primary N) is 1. The zero-order valence-corrected chi connectivity index (χ0v) is 7.24. The summed E-state index contributed by atoms with van der Waals surface area (Å²) in [5.74, 6) is 1.01. The third kappa shape index (κ3) is 1.18. The fourth-order valence-corrected chi connectivity index (χ4v) is 2.12. The van der Waals surface area contributed by atoms with Gasteiger partial charge in [-0.05, 0) is 19.8 Å². The largest absolute Gasteiger partial charge is 0.375 e. The number of nitrogens with zero attached hydrogens (tertiary/aromatic N) is 1. The van der Waals surface area contributed by atoms with Gasteiger partial charge in [-0.2, -0.15) is 0 Å². The maximum absolute atomic E-state index is 5.57. The Morgan fingerprint density at radius 2 is 2.55 bits per heavy atom. The summed E-state index contributed by atoms with van der Waals surface area (Å²) in [5.41, 5.74) is 5.57. The molecule has 0 amide bonds. The molecule has 1 aromatic rings. The van der Waals surface area contributed by atoms with Gasteiger partial charge in [0, 0.05) is 6.04 Å². The van der Waals surface area contributed by atoms with Crippen molar-refractivity contribution in [3.05, 3.63) is 4.88 Å². The van der Waals surface area contributed by atoms with Crippen molar-refractivity contribution in [2.75, 3.05) is 11.1 Å². The van der Waals surface area contributed by atoms with Gasteiger partial charge in [-0.15, -0.1) is 11.3 Å². The lowest BCUT2D eigenvalue weighted by molar-refractivity contribution is 0.683. The van der Waals surface area contributed by atoms with Crippen molar-refractivity contribution in [1.29, 1.82) is 0 Å². The van der Waals surface area contributed by atoms with E-state index in [1.165, 1.54) is 11.3 Å². The molecule has 0 fully saturated rings. The first-order valence-corrected chi connectivity index (χ1v) is 4.59. The first-order chi connectivity index (χ1) is 5.25. The van der Waals surface area contributed by atoms with Crippen molar-refractivity contribution in [2.24, 2.45) is 0 Å². The van der Waals surface area contributed by atoms with E-state index in [9.17, 15) is 0 Å². The van der Waals surface area contributed by atoms with Crippen LogP contribution in [-0.4, -0.2) is 11.0 Å². The SMILES string of the molecule is CC1CCc2sc(N)nc2N1. The van der Waals surface area contributed by atoms with E-state index in [0.717, 1.165) is 12.2 Å². The molecule has 3 N–H and O–H groups in total. The number of nitrogens with one attached hydrogen (secondary N) is 1. The summed E-state index contributed by atoms with van der Waals surface area (Å²) in [4.78, 5) is 5.49. The number of nitrogen functional groups attached to an aromatic ring is 1. The maximum atomic E-state index is 5.57. The molecular formula is C7H11N3S. The summed E-state index contributed by atoms with van der Waals surface area (Å²) >= 11 is 1.60. The van der Waals surface area contributed by atoms with E-state index in [-0.39, 0.29) is 0 Å². The van der Waals surface area contributed by atoms with Gasteiger partial charge in [-0.1, -0.05) is 0 Å². The van der Waals surface area contributed by atoms with Crippen molar-refractivity contribution in [2.45, 2.75) is 25.8 Å². The molecule has 0 saturated heterocycles. The quantitative estimate of drug-likeness (QED) is 0.618. The lowest BCUT2D eigenvalue weighted by Gasteiger charge is -2.18. The van der Waals surface area contributed by atoms with Gasteiger partial charge in [0.2, 0.25) is 0 Å². The highest BCUT2D eigenvalue weighted by molar-refractivity contribution is 7.15. The van der Waals surface area contributed by atoms with Crippen molar-refractivity contribution in [3.8, 4) is 0 Å². The van der Waals surface area contributed by atoms with Gasteiger partial charge in [-0.3, -0.25) is 0 Å². The average molecular weight is 169 g/mol. The Kier molecular flexibility index (Phi) is 1.49. The molecular weight excluding hydrogens is 158 g/mol. The molecule has 4 heteroatoms. The summed E-state index contributed by atoms with van der Waals surface area (Å²) in [6, 6.07) is 0.545. The van der Waals surface area contributed by atoms with Crippen LogP contribution in [0.2, 0.25) is 0 Å². The Labute approximate surface area is 69.6 Å². The van der Waals surface area contributed by atoms with Crippen LogP contribution in [0.5, 0.6) is 0 Å². The van der Waals surface area contributed by atoms with Crippen LogP contribution in [0.4, 0.5) is 10.9 Å². The Bertz CT molecular complexity index is 269. The van der Waals surface area contributed by atoms with Crippen LogP contribution in [0.25, 0.3) is 0 Å². The summed E-state index contributed by atoms with van der Waals surface area (Å²) in [6.45, 7) is 2.17. The number of thiazole rings is 1. The van der Waals surface area contributed by atoms with Gasteiger partial charge in [0.1, 0.15) is 5.82 Å². The van der Waals surface area contributed by atoms with Crippen LogP contribution in [0.1, 0.15) is 18.2 Å². The minimum absolute atomic E-state index is 0.545. The van der Waals surface area contributed by atoms with Gasteiger partial charge in [0.25, 0.3) is 0 Å². The molecule has 0 aliphatic carbocycles. The van der Waals surface area contributed by atoms with Crippen LogP contribution < -0.4 is 11.1 Å². The molecule has 2 rings (SSSR count). The van der Waals surface area contributed by atoms with Gasteiger partial charge < -0.3 is 11.1 Å². The summed E-state index contributed by atoms with van der Waals surface area (Å²) in [6.07, 6.45) is 2.31. The van der Waals surface area contributed by atoms with E-state index in [1.807, 2.05) is 0 Å². The Morgan fingerprint density at radius 1 is 1.73 bits per heavy atom. The van der Waals surface area contributed by atoms with E-state index < -0.39 is 0 Å². The van der Waals surface area contributed by atoms with E-state index in [2.05, 4.69) is 17.2 Å². The molecule has 1 atom stereocenters. The maximum Gasteiger partial charge on any atom is 0.182 e. The Morgan fingerprint density at radius 3 is 3.36 bits per heavy atom. The summed E-state index contributed by atoms with van der Waals surface area (Å²) in [5, 5.41) is 3.98. The number of fused-ring (bicyclic) bond motifs is 1. The van der Waals surface area contributed by atoms with Crippen molar-refractivity contribution in [1.82, 2.24) is 4.98 Å². The smallest absolute Gasteiger partial charge is 0.182 e. The molecule has 0 bridgehead atoms. The Balaban J connectivity index is 2.34. The highest BCUT2D eigenvalue weighted by Gasteiger charge is 2.17. The first-order valence-electron chi connectivity index (χ1n) is 3.77. The molecule has 1 aliphatic rings. The van der Waals surface area contributed by atoms with Gasteiger partial charge >= 0.3 is 0 Å². The van der Waals surface area contributed by atoms with Crippen LogP contribution in [0.3, 0.4) is 0 Å². The second-order valence-corrected chi connectivity index (χ2v) is 4.02. The van der Waals surface area contributed by atoms with Crippen molar-refractivity contribution >= 4 is 22.3 Å². The number of rotatable bonds is 0. The lowest BCUT2D eigenvalue weighted by atomic mass is 10.1. The Hall–Kier alpha value is -0.770. The van der Waals surface area contributed by atoms with Gasteiger partial charge in [0.05, 0.1) is 4.88 Å². The standard InChI is InChI=1S/C7H11N3S/c1-4-2-3-5-6(9-4)10-7(8)11-5/h4,9H,2-3H2,1H3,(H2,8,10). The molecule has 60 valence electrons. The third-order valence-corrected chi connectivity index (χ3v) is 2.85. The van der Waals surface area contributed by atoms with E-state index in [4.69, 9.17) is 5.73 Å². The number of aryl methyl sites for hydroxylation is 1. The molecule has 0 spiro atoms. The number of aromatic nitrogens is 1. The van der Waals surface area contributed by atoms with Crippen LogP contribution in [-0.2, 0) is 6.42 Å². The molecule has 0 aromatic carbocycles. The molecule has 0 saturated carbocycles. The topological polar surface area (TPSA) is 50.9 Å². The van der Waals surface area contributed by atoms with E-state index in [1.54, 1.807) is 11.3 Å². The fourth-order valence-electron chi connectivity index (χ4n) is 1.31. The second kappa shape index (κ2) is 2.37. The summed E-state index contributed by atoms with van der Waals surface area (Å²) < 4.78 is 0. The van der Waals surface area contributed by atoms with Crippen LogP contribution in [0.15, 0.2) is 0 Å². The zero-order valence-electron chi connectivity index (χ0n) is 6.42. The monoisotopic (exact) mass is 169 g/mol. The highest BCUT2D eigenvalue weighted by atomic mass is 32.1. The zero-order chi connectivity index (χ0) is 7.84. The molecule has 1 aromatic heterocycles. The molecule has 11 heavy (non-hydrogen) atoms. The van der Waals surface area contributed by atoms with Crippen molar-refractivity contribution < 1.29 is 0 Å². The molecule has 1 aliphatic heterocycles. The van der Waals surface area contributed by atoms with Crippen molar-refractivity contribution in [3.63, 3.8) is 0 Å². The van der Waals surface area contributed by atoms with Crippen LogP contribution >= 0.6 is 11.3 Å². The molecule has 1 unspecified atom stereocenters. The van der Waals surface area contributed by atoms with Crippen LogP contribution in [0, 0.1) is 0 Å². The summed E-state index contributed by atoms with van der Waals surface area (Å²) in [7, 11) is 0. The predicted octanol–water partition coefficient (Wildman–Crippen LogP) is 1.47. The number of hydrogen-bond acceptors (Lipinski definition) is 4. The number of anilines is 2. The van der Waals surface area contributed by atoms with E-state index >= 15 is 0 Å².